The van der Waals surface area contributed by atoms with Crippen molar-refractivity contribution in [1.29, 1.82) is 0 Å². The Morgan fingerprint density at radius 1 is 1.22 bits per heavy atom. The Morgan fingerprint density at radius 2 is 1.97 bits per heavy atom. The van der Waals surface area contributed by atoms with Crippen molar-refractivity contribution in [3.05, 3.63) is 47.7 Å². The van der Waals surface area contributed by atoms with Crippen molar-refractivity contribution in [3.8, 4) is 11.5 Å². The fraction of sp³-hybridized carbons (Fsp3) is 0.538. The highest BCUT2D eigenvalue weighted by Crippen LogP contribution is 2.43. The number of benzene rings is 1. The van der Waals surface area contributed by atoms with Crippen LogP contribution in [0.15, 0.2) is 36.6 Å². The summed E-state index contributed by atoms with van der Waals surface area (Å²) in [5, 5.41) is 2.72. The summed E-state index contributed by atoms with van der Waals surface area (Å²) in [7, 11) is 0. The van der Waals surface area contributed by atoms with Gasteiger partial charge >= 0.3 is 6.09 Å². The number of carbonyl (C=O) groups is 2. The first-order chi connectivity index (χ1) is 15.5. The molecule has 6 nitrogen and oxygen atoms in total. The minimum atomic E-state index is -0.425. The minimum absolute atomic E-state index is 0.183. The molecule has 0 saturated heterocycles. The van der Waals surface area contributed by atoms with E-state index in [4.69, 9.17) is 9.47 Å². The number of hydrogen-bond acceptors (Lipinski definition) is 5. The van der Waals surface area contributed by atoms with Crippen LogP contribution in [0, 0.1) is 0 Å². The van der Waals surface area contributed by atoms with E-state index in [9.17, 15) is 9.59 Å². The van der Waals surface area contributed by atoms with Gasteiger partial charge in [0.2, 0.25) is 0 Å². The van der Waals surface area contributed by atoms with Crippen LogP contribution in [-0.2, 0) is 16.0 Å². The molecule has 1 N–H and O–H groups in total. The Bertz CT molecular complexity index is 757. The van der Waals surface area contributed by atoms with Crippen LogP contribution in [0.3, 0.4) is 0 Å². The molecule has 0 aromatic heterocycles. The van der Waals surface area contributed by atoms with Crippen LogP contribution >= 0.6 is 0 Å². The van der Waals surface area contributed by atoms with Crippen molar-refractivity contribution >= 4 is 12.6 Å². The van der Waals surface area contributed by atoms with Crippen LogP contribution in [0.25, 0.3) is 0 Å². The number of rotatable bonds is 11. The number of unbranched alkanes of at least 4 members (excludes halogenated alkanes) is 2. The molecule has 1 aromatic rings. The molecule has 1 aliphatic rings. The lowest BCUT2D eigenvalue weighted by Crippen LogP contribution is -2.27. The van der Waals surface area contributed by atoms with Crippen molar-refractivity contribution in [3.63, 3.8) is 0 Å². The van der Waals surface area contributed by atoms with Crippen molar-refractivity contribution in [2.24, 2.45) is 0 Å². The third kappa shape index (κ3) is 9.58. The molecule has 1 aliphatic carbocycles. The van der Waals surface area contributed by atoms with Crippen LogP contribution in [-0.4, -0.2) is 25.7 Å². The average Bonchev–Trinajstić information content (AvgIpc) is 2.75. The highest BCUT2D eigenvalue weighted by molar-refractivity contribution is 5.71. The number of ether oxygens (including phenoxy) is 3. The van der Waals surface area contributed by atoms with Gasteiger partial charge in [-0.2, -0.15) is 0 Å². The van der Waals surface area contributed by atoms with Gasteiger partial charge in [-0.05, 0) is 70.6 Å². The molecule has 0 aliphatic heterocycles. The van der Waals surface area contributed by atoms with Gasteiger partial charge in [-0.1, -0.05) is 38.0 Å². The second-order valence-corrected chi connectivity index (χ2v) is 7.73. The maximum absolute atomic E-state index is 12.1. The molecular formula is C26H39NO5. The predicted octanol–water partition coefficient (Wildman–Crippen LogP) is 6.44. The Balaban J connectivity index is 0.000000920. The molecule has 0 saturated carbocycles. The van der Waals surface area contributed by atoms with Crippen LogP contribution in [0.1, 0.15) is 83.3 Å². The summed E-state index contributed by atoms with van der Waals surface area (Å²) in [6.07, 6.45) is 10.9. The van der Waals surface area contributed by atoms with Crippen molar-refractivity contribution in [2.45, 2.75) is 78.6 Å². The number of amides is 1. The molecule has 0 spiro atoms. The maximum Gasteiger partial charge on any atom is 0.412 e. The molecular weight excluding hydrogens is 406 g/mol. The van der Waals surface area contributed by atoms with Gasteiger partial charge in [0.25, 0.3) is 6.47 Å². The second kappa shape index (κ2) is 16.0. The molecule has 0 fully saturated rings. The molecule has 6 heteroatoms. The summed E-state index contributed by atoms with van der Waals surface area (Å²) in [5.41, 5.74) is 3.44. The molecule has 1 atom stereocenters. The molecule has 2 rings (SSSR count). The fourth-order valence-corrected chi connectivity index (χ4v) is 3.70. The zero-order valence-electron chi connectivity index (χ0n) is 20.1. The van der Waals surface area contributed by atoms with Gasteiger partial charge in [-0.25, -0.2) is 4.79 Å². The van der Waals surface area contributed by atoms with Crippen LogP contribution in [0.2, 0.25) is 0 Å². The van der Waals surface area contributed by atoms with E-state index in [-0.39, 0.29) is 5.92 Å². The van der Waals surface area contributed by atoms with Gasteiger partial charge in [-0.15, -0.1) is 0 Å². The van der Waals surface area contributed by atoms with Crippen LogP contribution in [0.4, 0.5) is 4.79 Å². The Morgan fingerprint density at radius 3 is 2.53 bits per heavy atom. The number of nitrogens with one attached hydrogen (secondary N) is 1. The molecule has 178 valence electrons. The van der Waals surface area contributed by atoms with Crippen LogP contribution in [0.5, 0.6) is 11.5 Å². The zero-order chi connectivity index (χ0) is 23.8. The largest absolute Gasteiger partial charge is 0.468 e. The molecule has 1 unspecified atom stereocenters. The van der Waals surface area contributed by atoms with E-state index in [1.54, 1.807) is 6.92 Å². The lowest BCUT2D eigenvalue weighted by molar-refractivity contribution is -0.128. The van der Waals surface area contributed by atoms with Gasteiger partial charge in [-0.3, -0.25) is 4.79 Å². The Kier molecular flexibility index (Phi) is 13.6. The Labute approximate surface area is 193 Å². The number of carbonyl (C=O) groups excluding carboxylic acids is 2. The van der Waals surface area contributed by atoms with Crippen LogP contribution < -0.4 is 14.8 Å². The summed E-state index contributed by atoms with van der Waals surface area (Å²) in [6, 6.07) is 4.09. The summed E-state index contributed by atoms with van der Waals surface area (Å²) in [5.74, 6) is 1.53. The van der Waals surface area contributed by atoms with Gasteiger partial charge in [0.05, 0.1) is 12.9 Å². The summed E-state index contributed by atoms with van der Waals surface area (Å²) < 4.78 is 15.6. The molecule has 0 radical (unpaired) electrons. The minimum Gasteiger partial charge on any atom is -0.468 e. The molecule has 0 heterocycles. The van der Waals surface area contributed by atoms with E-state index < -0.39 is 6.09 Å². The molecule has 1 amide bonds. The monoisotopic (exact) mass is 445 g/mol. The van der Waals surface area contributed by atoms with E-state index in [2.05, 4.69) is 42.6 Å². The van der Waals surface area contributed by atoms with Crippen molar-refractivity contribution < 1.29 is 23.8 Å². The van der Waals surface area contributed by atoms with E-state index in [1.165, 1.54) is 24.7 Å². The third-order valence-electron chi connectivity index (χ3n) is 5.14. The normalized spacial score (nSPS) is 14.9. The zero-order valence-corrected chi connectivity index (χ0v) is 20.1. The molecule has 1 aromatic carbocycles. The quantitative estimate of drug-likeness (QED) is 0.183. The third-order valence-corrected chi connectivity index (χ3v) is 5.14. The average molecular weight is 446 g/mol. The van der Waals surface area contributed by atoms with E-state index in [0.29, 0.717) is 25.4 Å². The van der Waals surface area contributed by atoms with Gasteiger partial charge < -0.3 is 19.5 Å². The van der Waals surface area contributed by atoms with E-state index in [1.807, 2.05) is 13.0 Å². The van der Waals surface area contributed by atoms with Gasteiger partial charge in [0, 0.05) is 18.0 Å². The first-order valence-corrected chi connectivity index (χ1v) is 11.6. The highest BCUT2D eigenvalue weighted by Gasteiger charge is 2.24. The first kappa shape index (κ1) is 27.3. The number of aryl methyl sites for hydroxylation is 1. The van der Waals surface area contributed by atoms with Crippen molar-refractivity contribution in [2.75, 3.05) is 13.2 Å². The van der Waals surface area contributed by atoms with E-state index in [0.717, 1.165) is 49.0 Å². The second-order valence-electron chi connectivity index (χ2n) is 7.73. The smallest absolute Gasteiger partial charge is 0.412 e. The SMILES string of the molecule is C=COc1cc(CCCCC)cc(OC(=O)NCC)c1C1C=C(C)CCC1.CCOC=O. The predicted molar refractivity (Wildman–Crippen MR) is 128 cm³/mol. The molecule has 32 heavy (non-hydrogen) atoms. The number of allylic oxidation sites excluding steroid dienone is 2. The number of hydrogen-bond donors (Lipinski definition) is 1. The van der Waals surface area contributed by atoms with Gasteiger partial charge in [0.1, 0.15) is 11.5 Å². The standard InChI is InChI=1S/C23H33NO3.C3H6O2/c1-5-8-9-12-18-15-20(26-7-3)22(19-13-10-11-17(4)14-19)21(16-18)27-23(25)24-6-2;1-2-5-3-4/h7,14-16,19H,3,5-6,8-13H2,1-2,4H3,(H,24,25);3H,2H2,1H3. The van der Waals surface area contributed by atoms with Gasteiger partial charge in [0.15, 0.2) is 0 Å². The van der Waals surface area contributed by atoms with Crippen molar-refractivity contribution in [1.82, 2.24) is 5.32 Å². The summed E-state index contributed by atoms with van der Waals surface area (Å²) in [6.45, 7) is 13.1. The summed E-state index contributed by atoms with van der Waals surface area (Å²) >= 11 is 0. The molecule has 0 bridgehead atoms. The topological polar surface area (TPSA) is 73.9 Å². The lowest BCUT2D eigenvalue weighted by Gasteiger charge is -2.24. The Hall–Kier alpha value is -2.76. The summed E-state index contributed by atoms with van der Waals surface area (Å²) in [4.78, 5) is 21.3. The van der Waals surface area contributed by atoms with E-state index >= 15 is 0 Å². The highest BCUT2D eigenvalue weighted by atomic mass is 16.6. The fourth-order valence-electron chi connectivity index (χ4n) is 3.70. The maximum atomic E-state index is 12.1. The lowest BCUT2D eigenvalue weighted by atomic mass is 9.84. The first-order valence-electron chi connectivity index (χ1n) is 11.6.